The molecule has 8 nitrogen and oxygen atoms in total. The van der Waals surface area contributed by atoms with Crippen molar-refractivity contribution in [1.82, 2.24) is 5.32 Å². The molecule has 0 saturated heterocycles. The molecule has 1 rings (SSSR count). The number of hydrogen-bond acceptors (Lipinski definition) is 6. The zero-order chi connectivity index (χ0) is 18.3. The van der Waals surface area contributed by atoms with Gasteiger partial charge in [-0.2, -0.15) is 0 Å². The molecule has 132 valence electrons. The monoisotopic (exact) mass is 396 g/mol. The van der Waals surface area contributed by atoms with Crippen molar-refractivity contribution in [2.24, 2.45) is 0 Å². The minimum absolute atomic E-state index is 0.0223. The number of nitro benzene ring substituents is 1. The van der Waals surface area contributed by atoms with Crippen molar-refractivity contribution in [3.8, 4) is 0 Å². The zero-order valence-electron chi connectivity index (χ0n) is 12.8. The molecule has 0 aromatic heterocycles. The second kappa shape index (κ2) is 9.15. The van der Waals surface area contributed by atoms with Gasteiger partial charge in [0.2, 0.25) is 0 Å². The molecule has 11 heteroatoms. The highest BCUT2D eigenvalue weighted by atomic mass is 35.5. The van der Waals surface area contributed by atoms with E-state index in [1.807, 2.05) is 0 Å². The van der Waals surface area contributed by atoms with E-state index in [-0.39, 0.29) is 24.5 Å². The molecule has 0 fully saturated rings. The minimum atomic E-state index is -3.94. The van der Waals surface area contributed by atoms with Crippen molar-refractivity contribution < 1.29 is 23.3 Å². The van der Waals surface area contributed by atoms with Gasteiger partial charge in [0.25, 0.3) is 11.6 Å². The molecule has 0 aliphatic carbocycles. The lowest BCUT2D eigenvalue weighted by molar-refractivity contribution is -0.384. The van der Waals surface area contributed by atoms with Crippen LogP contribution in [-0.2, 0) is 13.6 Å². The quantitative estimate of drug-likeness (QED) is 0.400. The van der Waals surface area contributed by atoms with Crippen LogP contribution in [0.5, 0.6) is 0 Å². The van der Waals surface area contributed by atoms with Crippen LogP contribution in [0.15, 0.2) is 34.2 Å². The van der Waals surface area contributed by atoms with Gasteiger partial charge in [-0.05, 0) is 19.9 Å². The Kier molecular flexibility index (Phi) is 7.86. The fourth-order valence-electron chi connectivity index (χ4n) is 1.67. The molecular formula is C13H15Cl2N2O6P. The number of non-ortho nitro benzene ring substituents is 1. The average molecular weight is 397 g/mol. The van der Waals surface area contributed by atoms with Crippen molar-refractivity contribution in [3.05, 3.63) is 49.9 Å². The molecular weight excluding hydrogens is 382 g/mol. The Morgan fingerprint density at radius 3 is 2.33 bits per heavy atom. The maximum Gasteiger partial charge on any atom is 0.379 e. The molecule has 1 aromatic rings. The summed E-state index contributed by atoms with van der Waals surface area (Å²) in [5.41, 5.74) is -0.746. The van der Waals surface area contributed by atoms with Gasteiger partial charge < -0.3 is 14.4 Å². The molecule has 1 N–H and O–H groups in total. The Bertz CT molecular complexity index is 695. The van der Waals surface area contributed by atoms with Gasteiger partial charge in [-0.25, -0.2) is 0 Å². The summed E-state index contributed by atoms with van der Waals surface area (Å²) >= 11 is 11.4. The lowest BCUT2D eigenvalue weighted by atomic mass is 10.2. The normalized spacial score (nSPS) is 11.0. The van der Waals surface area contributed by atoms with Gasteiger partial charge in [-0.3, -0.25) is 19.5 Å². The number of nitrogens with one attached hydrogen (secondary N) is 1. The maximum absolute atomic E-state index is 12.7. The number of rotatable bonds is 8. The van der Waals surface area contributed by atoms with Crippen molar-refractivity contribution in [3.63, 3.8) is 0 Å². The number of amides is 1. The number of halogens is 2. The Balaban J connectivity index is 3.16. The smallest absolute Gasteiger partial charge is 0.313 e. The molecule has 0 unspecified atom stereocenters. The Hall–Kier alpha value is -1.44. The fraction of sp³-hybridized carbons (Fsp3) is 0.308. The maximum atomic E-state index is 12.7. The highest BCUT2D eigenvalue weighted by Gasteiger charge is 2.34. The van der Waals surface area contributed by atoms with E-state index in [0.29, 0.717) is 0 Å². The summed E-state index contributed by atoms with van der Waals surface area (Å²) in [7, 11) is -3.94. The number of hydrogen-bond donors (Lipinski definition) is 1. The van der Waals surface area contributed by atoms with Crippen molar-refractivity contribution in [1.29, 1.82) is 0 Å². The van der Waals surface area contributed by atoms with Crippen molar-refractivity contribution in [2.45, 2.75) is 13.8 Å². The van der Waals surface area contributed by atoms with Gasteiger partial charge in [0, 0.05) is 17.7 Å². The number of nitro groups is 1. The first-order valence-corrected chi connectivity index (χ1v) is 9.05. The largest absolute Gasteiger partial charge is 0.379 e. The van der Waals surface area contributed by atoms with E-state index in [9.17, 15) is 19.5 Å². The van der Waals surface area contributed by atoms with Crippen LogP contribution in [-0.4, -0.2) is 24.0 Å². The molecule has 0 radical (unpaired) electrons. The number of carbonyl (C=O) groups excluding carboxylic acids is 1. The second-order valence-electron chi connectivity index (χ2n) is 4.20. The first-order valence-electron chi connectivity index (χ1n) is 6.76. The molecule has 0 saturated carbocycles. The van der Waals surface area contributed by atoms with Crippen LogP contribution in [0.2, 0.25) is 0 Å². The van der Waals surface area contributed by atoms with Crippen LogP contribution in [0.4, 0.5) is 5.69 Å². The minimum Gasteiger partial charge on any atom is -0.313 e. The summed E-state index contributed by atoms with van der Waals surface area (Å²) < 4.78 is 22.4. The third-order valence-corrected chi connectivity index (χ3v) is 5.32. The molecule has 0 aliphatic heterocycles. The molecule has 24 heavy (non-hydrogen) atoms. The number of benzene rings is 1. The summed E-state index contributed by atoms with van der Waals surface area (Å²) in [4.78, 5) is 22.4. The Morgan fingerprint density at radius 1 is 1.29 bits per heavy atom. The lowest BCUT2D eigenvalue weighted by Gasteiger charge is -2.20. The van der Waals surface area contributed by atoms with Crippen molar-refractivity contribution in [2.75, 3.05) is 13.2 Å². The van der Waals surface area contributed by atoms with E-state index in [2.05, 4.69) is 5.32 Å². The van der Waals surface area contributed by atoms with E-state index in [1.54, 1.807) is 13.8 Å². The van der Waals surface area contributed by atoms with E-state index >= 15 is 0 Å². The molecule has 0 atom stereocenters. The summed E-state index contributed by atoms with van der Waals surface area (Å²) in [6, 6.07) is 4.96. The Morgan fingerprint density at radius 2 is 1.88 bits per heavy atom. The lowest BCUT2D eigenvalue weighted by Crippen LogP contribution is -2.24. The molecule has 0 spiro atoms. The molecule has 1 amide bonds. The van der Waals surface area contributed by atoms with E-state index in [1.165, 1.54) is 18.2 Å². The molecule has 1 aromatic carbocycles. The van der Waals surface area contributed by atoms with Crippen LogP contribution < -0.4 is 5.32 Å². The van der Waals surface area contributed by atoms with E-state index in [0.717, 1.165) is 6.07 Å². The second-order valence-corrected chi connectivity index (χ2v) is 7.11. The highest BCUT2D eigenvalue weighted by molar-refractivity contribution is 7.58. The number of nitrogens with zero attached hydrogens (tertiary/aromatic N) is 1. The molecule has 0 aliphatic rings. The van der Waals surface area contributed by atoms with Gasteiger partial charge in [0.1, 0.15) is 4.49 Å². The molecule has 0 bridgehead atoms. The van der Waals surface area contributed by atoms with Crippen LogP contribution in [0.3, 0.4) is 0 Å². The van der Waals surface area contributed by atoms with Crippen LogP contribution in [0.1, 0.15) is 24.2 Å². The van der Waals surface area contributed by atoms with Crippen molar-refractivity contribution >= 4 is 42.4 Å². The van der Waals surface area contributed by atoms with Gasteiger partial charge in [0.15, 0.2) is 5.44 Å². The van der Waals surface area contributed by atoms with Crippen LogP contribution in [0, 0.1) is 10.1 Å². The van der Waals surface area contributed by atoms with E-state index in [4.69, 9.17) is 32.2 Å². The summed E-state index contributed by atoms with van der Waals surface area (Å²) in [6.07, 6.45) is 0. The van der Waals surface area contributed by atoms with Gasteiger partial charge in [-0.1, -0.05) is 29.3 Å². The third-order valence-electron chi connectivity index (χ3n) is 2.60. The van der Waals surface area contributed by atoms with Gasteiger partial charge in [-0.15, -0.1) is 0 Å². The predicted octanol–water partition coefficient (Wildman–Crippen LogP) is 4.19. The zero-order valence-corrected chi connectivity index (χ0v) is 15.2. The SMILES string of the molecule is CCOP(=O)(OCC)C(NC(=O)c1cccc([N+](=O)[O-])c1)=C(Cl)Cl. The van der Waals surface area contributed by atoms with E-state index < -0.39 is 28.4 Å². The Labute approximate surface area is 148 Å². The van der Waals surface area contributed by atoms with Crippen LogP contribution >= 0.6 is 30.8 Å². The van der Waals surface area contributed by atoms with Gasteiger partial charge in [0.05, 0.1) is 18.1 Å². The van der Waals surface area contributed by atoms with Crippen LogP contribution in [0.25, 0.3) is 0 Å². The number of carbonyl (C=O) groups is 1. The predicted molar refractivity (Wildman–Crippen MR) is 90.2 cm³/mol. The summed E-state index contributed by atoms with van der Waals surface area (Å²) in [6.45, 7) is 3.20. The average Bonchev–Trinajstić information content (AvgIpc) is 2.52. The first-order chi connectivity index (χ1) is 11.2. The standard InChI is InChI=1S/C13H15Cl2N2O6P/c1-3-22-24(21,23-4-2)13(11(14)15)16-12(18)9-6-5-7-10(8-9)17(19)20/h5-8H,3-4H2,1-2H3,(H,16,18). The third kappa shape index (κ3) is 5.29. The summed E-state index contributed by atoms with van der Waals surface area (Å²) in [5.74, 6) is -0.799. The fourth-order valence-corrected chi connectivity index (χ4v) is 3.84. The van der Waals surface area contributed by atoms with Gasteiger partial charge >= 0.3 is 7.60 Å². The molecule has 0 heterocycles. The topological polar surface area (TPSA) is 108 Å². The first kappa shape index (κ1) is 20.6. The summed E-state index contributed by atoms with van der Waals surface area (Å²) in [5, 5.41) is 13.0. The highest BCUT2D eigenvalue weighted by Crippen LogP contribution is 2.56.